The van der Waals surface area contributed by atoms with E-state index >= 15 is 0 Å². The van der Waals surface area contributed by atoms with Crippen molar-refractivity contribution in [1.82, 2.24) is 9.97 Å². The van der Waals surface area contributed by atoms with Crippen molar-refractivity contribution in [3.63, 3.8) is 0 Å². The van der Waals surface area contributed by atoms with Crippen LogP contribution in [0, 0.1) is 0 Å². The zero-order chi connectivity index (χ0) is 42.2. The number of hydrogen-bond donors (Lipinski definition) is 0. The molecule has 11 aromatic rings. The smallest absolute Gasteiger partial charge is 0.160 e. The van der Waals surface area contributed by atoms with Crippen LogP contribution in [0.5, 0.6) is 11.5 Å². The van der Waals surface area contributed by atoms with Crippen LogP contribution in [0.25, 0.3) is 78.0 Å². The fourth-order valence-corrected chi connectivity index (χ4v) is 10.4. The van der Waals surface area contributed by atoms with Crippen molar-refractivity contribution in [1.29, 1.82) is 0 Å². The Morgan fingerprint density at radius 2 is 1.00 bits per heavy atom. The fourth-order valence-electron chi connectivity index (χ4n) is 10.4. The molecular weight excluding hydrogens is 781 g/mol. The average molecular weight is 819 g/mol. The maximum Gasteiger partial charge on any atom is 0.160 e. The van der Waals surface area contributed by atoms with Gasteiger partial charge in [-0.15, -0.1) is 0 Å². The predicted octanol–water partition coefficient (Wildman–Crippen LogP) is 15.1. The Morgan fingerprint density at radius 3 is 1.81 bits per heavy atom. The fraction of sp³-hybridized carbons (Fsp3) is 0.0333. The molecule has 9 aromatic carbocycles. The van der Waals surface area contributed by atoms with Crippen molar-refractivity contribution in [2.75, 3.05) is 0 Å². The number of aromatic nitrogens is 2. The summed E-state index contributed by atoms with van der Waals surface area (Å²) in [6.07, 6.45) is 0.614. The zero-order valence-corrected chi connectivity index (χ0v) is 34.7. The summed E-state index contributed by atoms with van der Waals surface area (Å²) in [5.41, 5.74) is 18.1. The average Bonchev–Trinajstić information content (AvgIpc) is 3.89. The maximum atomic E-state index is 6.89. The lowest BCUT2D eigenvalue weighted by atomic mass is 9.66. The molecule has 4 heteroatoms. The number of furan rings is 1. The van der Waals surface area contributed by atoms with Crippen LogP contribution in [0.1, 0.15) is 33.5 Å². The van der Waals surface area contributed by atoms with Crippen LogP contribution < -0.4 is 4.74 Å². The van der Waals surface area contributed by atoms with Gasteiger partial charge in [0.05, 0.1) is 11.1 Å². The van der Waals surface area contributed by atoms with Crippen molar-refractivity contribution in [3.05, 3.63) is 252 Å². The third-order valence-electron chi connectivity index (χ3n) is 13.3. The molecule has 2 aromatic heterocycles. The summed E-state index contributed by atoms with van der Waals surface area (Å²) >= 11 is 0. The molecule has 0 saturated carbocycles. The summed E-state index contributed by atoms with van der Waals surface area (Å²) in [6, 6.07) is 77.4. The Kier molecular flexibility index (Phi) is 8.16. The van der Waals surface area contributed by atoms with Crippen molar-refractivity contribution in [2.45, 2.75) is 11.8 Å². The minimum Gasteiger partial charge on any atom is -0.457 e. The van der Waals surface area contributed by atoms with Gasteiger partial charge in [-0.3, -0.25) is 0 Å². The number of hydrogen-bond acceptors (Lipinski definition) is 4. The Hall–Kier alpha value is -8.34. The van der Waals surface area contributed by atoms with E-state index in [1.807, 2.05) is 30.3 Å². The molecule has 2 aliphatic rings. The van der Waals surface area contributed by atoms with Crippen LogP contribution >= 0.6 is 0 Å². The first kappa shape index (κ1) is 36.3. The Balaban J connectivity index is 0.894. The molecule has 3 heterocycles. The van der Waals surface area contributed by atoms with E-state index in [0.717, 1.165) is 83.8 Å². The second-order valence-electron chi connectivity index (χ2n) is 16.8. The minimum absolute atomic E-state index is 0.500. The summed E-state index contributed by atoms with van der Waals surface area (Å²) in [5, 5.41) is 2.24. The van der Waals surface area contributed by atoms with Gasteiger partial charge in [-0.2, -0.15) is 0 Å². The van der Waals surface area contributed by atoms with Gasteiger partial charge in [0.25, 0.3) is 0 Å². The number of rotatable bonds is 6. The molecule has 4 nitrogen and oxygen atoms in total. The van der Waals surface area contributed by atoms with E-state index in [4.69, 9.17) is 19.1 Å². The van der Waals surface area contributed by atoms with Crippen LogP contribution in [-0.4, -0.2) is 9.97 Å². The molecule has 1 aliphatic heterocycles. The Bertz CT molecular complexity index is 3580. The highest BCUT2D eigenvalue weighted by Gasteiger charge is 2.50. The van der Waals surface area contributed by atoms with Gasteiger partial charge in [0.1, 0.15) is 22.7 Å². The van der Waals surface area contributed by atoms with Crippen LogP contribution in [-0.2, 0) is 11.8 Å². The van der Waals surface area contributed by atoms with E-state index in [9.17, 15) is 0 Å². The molecule has 1 spiro atoms. The van der Waals surface area contributed by atoms with Crippen LogP contribution in [0.4, 0.5) is 0 Å². The number of benzene rings is 9. The Labute approximate surface area is 370 Å². The topological polar surface area (TPSA) is 48.2 Å². The van der Waals surface area contributed by atoms with Crippen LogP contribution in [0.3, 0.4) is 0 Å². The monoisotopic (exact) mass is 818 g/mol. The zero-order valence-electron chi connectivity index (χ0n) is 34.7. The molecule has 0 bridgehead atoms. The minimum atomic E-state index is -0.500. The number of para-hydroxylation sites is 3. The largest absolute Gasteiger partial charge is 0.457 e. The summed E-state index contributed by atoms with van der Waals surface area (Å²) in [5.74, 6) is 2.45. The predicted molar refractivity (Wildman–Crippen MR) is 258 cm³/mol. The normalized spacial score (nSPS) is 13.0. The van der Waals surface area contributed by atoms with Crippen LogP contribution in [0.15, 0.2) is 223 Å². The summed E-state index contributed by atoms with van der Waals surface area (Å²) in [4.78, 5) is 10.4. The Morgan fingerprint density at radius 1 is 0.391 bits per heavy atom. The van der Waals surface area contributed by atoms with E-state index in [0.29, 0.717) is 12.2 Å². The van der Waals surface area contributed by atoms with Crippen molar-refractivity contribution >= 4 is 21.9 Å². The quantitative estimate of drug-likeness (QED) is 0.168. The first-order chi connectivity index (χ1) is 31.7. The van der Waals surface area contributed by atoms with Gasteiger partial charge >= 0.3 is 0 Å². The van der Waals surface area contributed by atoms with Gasteiger partial charge in [0.15, 0.2) is 5.82 Å². The highest BCUT2D eigenvalue weighted by molar-refractivity contribution is 6.09. The lowest BCUT2D eigenvalue weighted by Crippen LogP contribution is -2.32. The van der Waals surface area contributed by atoms with Crippen molar-refractivity contribution in [2.24, 2.45) is 0 Å². The van der Waals surface area contributed by atoms with Gasteiger partial charge in [-0.05, 0) is 68.8 Å². The molecule has 0 N–H and O–H groups in total. The van der Waals surface area contributed by atoms with Gasteiger partial charge < -0.3 is 9.15 Å². The van der Waals surface area contributed by atoms with Gasteiger partial charge in [0.2, 0.25) is 0 Å². The highest BCUT2D eigenvalue weighted by atomic mass is 16.5. The molecule has 300 valence electrons. The summed E-state index contributed by atoms with van der Waals surface area (Å²) < 4.78 is 13.3. The maximum absolute atomic E-state index is 6.89. The summed E-state index contributed by atoms with van der Waals surface area (Å²) in [6.45, 7) is 0. The first-order valence-corrected chi connectivity index (χ1v) is 21.8. The molecule has 0 saturated heterocycles. The molecular formula is C60H38N2O2. The van der Waals surface area contributed by atoms with E-state index < -0.39 is 5.41 Å². The molecule has 1 aliphatic carbocycles. The molecule has 0 radical (unpaired) electrons. The molecule has 64 heavy (non-hydrogen) atoms. The lowest BCUT2D eigenvalue weighted by Gasteiger charge is -2.39. The molecule has 0 unspecified atom stereocenters. The van der Waals surface area contributed by atoms with Crippen LogP contribution in [0.2, 0.25) is 0 Å². The third-order valence-corrected chi connectivity index (χ3v) is 13.3. The van der Waals surface area contributed by atoms with Gasteiger partial charge in [0, 0.05) is 50.7 Å². The molecule has 0 atom stereocenters. The molecule has 0 amide bonds. The van der Waals surface area contributed by atoms with E-state index in [1.54, 1.807) is 0 Å². The number of fused-ring (bicyclic) bond motifs is 12. The van der Waals surface area contributed by atoms with E-state index in [-0.39, 0.29) is 0 Å². The SMILES string of the molecule is c1ccc(-c2nc(Cc3ccccc3-c3ccc4c(c3)Oc3ccccc3C43c4ccccc4-c4ccccc43)cc(-c3ccc(-c4cccc5c4oc4ccccc45)cc3)n2)cc1. The number of nitrogens with zero attached hydrogens (tertiary/aromatic N) is 2. The highest BCUT2D eigenvalue weighted by Crippen LogP contribution is 2.62. The van der Waals surface area contributed by atoms with Crippen molar-refractivity contribution < 1.29 is 9.15 Å². The molecule has 13 rings (SSSR count). The molecule has 0 fully saturated rings. The van der Waals surface area contributed by atoms with E-state index in [2.05, 4.69) is 188 Å². The van der Waals surface area contributed by atoms with E-state index in [1.165, 1.54) is 33.4 Å². The lowest BCUT2D eigenvalue weighted by molar-refractivity contribution is 0.436. The third kappa shape index (κ3) is 5.56. The second-order valence-corrected chi connectivity index (χ2v) is 16.8. The van der Waals surface area contributed by atoms with Gasteiger partial charge in [-0.1, -0.05) is 194 Å². The first-order valence-electron chi connectivity index (χ1n) is 21.8. The van der Waals surface area contributed by atoms with Gasteiger partial charge in [-0.25, -0.2) is 9.97 Å². The van der Waals surface area contributed by atoms with Crippen molar-refractivity contribution in [3.8, 4) is 67.5 Å². The summed E-state index contributed by atoms with van der Waals surface area (Å²) in [7, 11) is 0. The standard InChI is InChI=1S/C60H38N2O2/c1-2-15-40(16-3-1)59-61-43(37-54(62-59)39-31-29-38(30-32-39)45-22-14-23-49-48-21-8-12-27-55(48)64-58(45)49)35-41-17-4-5-18-44(41)42-33-34-53-57(36-42)63-56-28-13-11-26-52(56)60(53)50-24-9-6-19-46(50)47-20-7-10-25-51(47)60/h1-34,36-37H,35H2. The number of ether oxygens (including phenoxy) is 1. The second kappa shape index (κ2) is 14.4.